The van der Waals surface area contributed by atoms with Crippen LogP contribution in [0.25, 0.3) is 0 Å². The van der Waals surface area contributed by atoms with E-state index in [0.717, 1.165) is 11.8 Å². The molecule has 0 radical (unpaired) electrons. The summed E-state index contributed by atoms with van der Waals surface area (Å²) in [5.74, 6) is 0. The topological polar surface area (TPSA) is 248 Å². The number of aliphatic hydroxyl groups excluding tert-OH is 10. The van der Waals surface area contributed by atoms with Crippen molar-refractivity contribution in [3.05, 3.63) is 0 Å². The molecule has 0 saturated carbocycles. The number of hydrogen-bond donors (Lipinski definition) is 10. The summed E-state index contributed by atoms with van der Waals surface area (Å²) >= 11 is 0.775. The minimum absolute atomic E-state index is 0.624. The lowest BCUT2D eigenvalue weighted by Gasteiger charge is -2.46. The van der Waals surface area contributed by atoms with E-state index in [-0.39, 0.29) is 0 Å². The molecule has 15 nitrogen and oxygen atoms in total. The van der Waals surface area contributed by atoms with Crippen LogP contribution in [-0.4, -0.2) is 168 Å². The summed E-state index contributed by atoms with van der Waals surface area (Å²) in [6.07, 6.45) is -19.5. The van der Waals surface area contributed by atoms with Crippen molar-refractivity contribution in [2.45, 2.75) is 90.4 Å². The van der Waals surface area contributed by atoms with E-state index >= 15 is 0 Å². The molecule has 0 spiro atoms. The number of rotatable bonds is 9. The van der Waals surface area contributed by atoms with E-state index in [1.807, 2.05) is 0 Å². The standard InChI is InChI=1S/C19H34O15S/c1-30-18-15(10(26)8(24)6(3-21)32-18)33-17-13(29)14(9(25)7(4-22)31-17)34-19-12(28)11(27)16(35-19)5(23)2-20/h5-29H,2-4H2,1H3/t5-,6-,7-,8-,9-,10+,11-,12-,13+,14+,15+,16+,17-,18+,19+/m1/s1. The molecule has 15 atom stereocenters. The lowest BCUT2D eigenvalue weighted by Crippen LogP contribution is -2.65. The monoisotopic (exact) mass is 534 g/mol. The predicted octanol–water partition coefficient (Wildman–Crippen LogP) is -6.20. The van der Waals surface area contributed by atoms with Crippen LogP contribution in [0.3, 0.4) is 0 Å². The van der Waals surface area contributed by atoms with Crippen molar-refractivity contribution in [3.63, 3.8) is 0 Å². The van der Waals surface area contributed by atoms with Gasteiger partial charge in [-0.05, 0) is 0 Å². The van der Waals surface area contributed by atoms with Gasteiger partial charge in [0.05, 0.1) is 37.3 Å². The van der Waals surface area contributed by atoms with Crippen molar-refractivity contribution in [2.24, 2.45) is 0 Å². The molecule has 3 fully saturated rings. The van der Waals surface area contributed by atoms with Crippen LogP contribution in [0.5, 0.6) is 0 Å². The fourth-order valence-electron chi connectivity index (χ4n) is 4.23. The van der Waals surface area contributed by atoms with Gasteiger partial charge in [-0.1, -0.05) is 0 Å². The molecular formula is C19H34O15S. The summed E-state index contributed by atoms with van der Waals surface area (Å²) in [6, 6.07) is 0. The molecule has 0 bridgehead atoms. The molecule has 3 aliphatic heterocycles. The maximum absolute atomic E-state index is 10.9. The van der Waals surface area contributed by atoms with Crippen LogP contribution in [0.4, 0.5) is 0 Å². The van der Waals surface area contributed by atoms with Crippen molar-refractivity contribution in [2.75, 3.05) is 26.9 Å². The molecule has 16 heteroatoms. The molecule has 0 unspecified atom stereocenters. The highest BCUT2D eigenvalue weighted by Crippen LogP contribution is 2.40. The van der Waals surface area contributed by atoms with Crippen molar-refractivity contribution in [1.29, 1.82) is 0 Å². The third-order valence-electron chi connectivity index (χ3n) is 6.28. The fraction of sp³-hybridized carbons (Fsp3) is 1.00. The number of methoxy groups -OCH3 is 1. The van der Waals surface area contributed by atoms with Crippen molar-refractivity contribution >= 4 is 11.8 Å². The zero-order valence-corrected chi connectivity index (χ0v) is 19.5. The van der Waals surface area contributed by atoms with Crippen LogP contribution in [0, 0.1) is 0 Å². The first-order chi connectivity index (χ1) is 16.6. The van der Waals surface area contributed by atoms with E-state index in [0.29, 0.717) is 0 Å². The second kappa shape index (κ2) is 12.5. The Labute approximate surface area is 204 Å². The van der Waals surface area contributed by atoms with Crippen molar-refractivity contribution in [3.8, 4) is 0 Å². The van der Waals surface area contributed by atoms with E-state index in [2.05, 4.69) is 0 Å². The predicted molar refractivity (Wildman–Crippen MR) is 113 cm³/mol. The first-order valence-corrected chi connectivity index (χ1v) is 11.9. The largest absolute Gasteiger partial charge is 0.394 e. The van der Waals surface area contributed by atoms with Crippen LogP contribution in [-0.2, 0) is 23.7 Å². The Morgan fingerprint density at radius 3 is 1.89 bits per heavy atom. The molecule has 0 aromatic heterocycles. The highest BCUT2D eigenvalue weighted by atomic mass is 32.2. The summed E-state index contributed by atoms with van der Waals surface area (Å²) in [5, 5.41) is 99.5. The summed E-state index contributed by atoms with van der Waals surface area (Å²) < 4.78 is 27.1. The Hall–Kier alpha value is -0.250. The van der Waals surface area contributed by atoms with Gasteiger partial charge in [0.1, 0.15) is 60.4 Å². The van der Waals surface area contributed by atoms with E-state index in [1.165, 1.54) is 7.11 Å². The SMILES string of the molecule is CO[C@H]1O[C@H](CO)[C@@H](O)[C@H](O)[C@@H]1O[C@H]1O[C@H](CO)[C@@H](O)[C@H](O[C@H]2S[C@@H]([C@H](O)CO)[C@H](O)[C@H]2O)[C@@H]1O. The van der Waals surface area contributed by atoms with Gasteiger partial charge in [0.2, 0.25) is 0 Å². The molecule has 0 amide bonds. The molecule has 0 aromatic rings. The van der Waals surface area contributed by atoms with Gasteiger partial charge in [-0.25, -0.2) is 0 Å². The molecule has 0 aliphatic carbocycles. The number of thioether (sulfide) groups is 1. The van der Waals surface area contributed by atoms with Gasteiger partial charge in [-0.15, -0.1) is 11.8 Å². The van der Waals surface area contributed by atoms with Gasteiger partial charge < -0.3 is 74.7 Å². The van der Waals surface area contributed by atoms with Crippen LogP contribution in [0.1, 0.15) is 0 Å². The Bertz CT molecular complexity index is 660. The summed E-state index contributed by atoms with van der Waals surface area (Å²) in [4.78, 5) is 0. The second-order valence-electron chi connectivity index (χ2n) is 8.55. The average molecular weight is 535 g/mol. The fourth-order valence-corrected chi connectivity index (χ4v) is 5.65. The molecular weight excluding hydrogens is 500 g/mol. The quantitative estimate of drug-likeness (QED) is 0.132. The van der Waals surface area contributed by atoms with E-state index in [1.54, 1.807) is 0 Å². The zero-order valence-electron chi connectivity index (χ0n) is 18.7. The normalized spacial score (nSPS) is 49.8. The van der Waals surface area contributed by atoms with E-state index in [4.69, 9.17) is 28.8 Å². The van der Waals surface area contributed by atoms with Crippen LogP contribution >= 0.6 is 11.8 Å². The Kier molecular flexibility index (Phi) is 10.5. The van der Waals surface area contributed by atoms with Crippen molar-refractivity contribution < 1.29 is 74.7 Å². The second-order valence-corrected chi connectivity index (χ2v) is 9.83. The van der Waals surface area contributed by atoms with Gasteiger partial charge in [-0.3, -0.25) is 0 Å². The minimum atomic E-state index is -1.78. The molecule has 0 aromatic carbocycles. The van der Waals surface area contributed by atoms with Crippen LogP contribution in [0.2, 0.25) is 0 Å². The highest BCUT2D eigenvalue weighted by molar-refractivity contribution is 8.00. The summed E-state index contributed by atoms with van der Waals surface area (Å²) in [7, 11) is 1.21. The Balaban J connectivity index is 1.76. The number of aliphatic hydroxyl groups is 10. The average Bonchev–Trinajstić information content (AvgIpc) is 3.14. The third kappa shape index (κ3) is 5.93. The highest BCUT2D eigenvalue weighted by Gasteiger charge is 2.54. The van der Waals surface area contributed by atoms with E-state index < -0.39 is 110 Å². The summed E-state index contributed by atoms with van der Waals surface area (Å²) in [5.41, 5.74) is -1.26. The van der Waals surface area contributed by atoms with Crippen LogP contribution < -0.4 is 0 Å². The lowest BCUT2D eigenvalue weighted by atomic mass is 9.97. The lowest BCUT2D eigenvalue weighted by molar-refractivity contribution is -0.368. The number of ether oxygens (including phenoxy) is 5. The van der Waals surface area contributed by atoms with Gasteiger partial charge in [0.25, 0.3) is 0 Å². The van der Waals surface area contributed by atoms with Gasteiger partial charge in [0, 0.05) is 7.11 Å². The maximum atomic E-state index is 10.9. The smallest absolute Gasteiger partial charge is 0.187 e. The molecule has 206 valence electrons. The Morgan fingerprint density at radius 1 is 0.714 bits per heavy atom. The molecule has 10 N–H and O–H groups in total. The number of hydrogen-bond acceptors (Lipinski definition) is 16. The van der Waals surface area contributed by atoms with Gasteiger partial charge in [0.15, 0.2) is 12.6 Å². The van der Waals surface area contributed by atoms with Gasteiger partial charge in [-0.2, -0.15) is 0 Å². The van der Waals surface area contributed by atoms with Crippen LogP contribution in [0.15, 0.2) is 0 Å². The first-order valence-electron chi connectivity index (χ1n) is 11.0. The minimum Gasteiger partial charge on any atom is -0.394 e. The first kappa shape index (κ1) is 29.3. The molecule has 3 aliphatic rings. The molecule has 3 heterocycles. The molecule has 35 heavy (non-hydrogen) atoms. The van der Waals surface area contributed by atoms with Crippen molar-refractivity contribution in [1.82, 2.24) is 0 Å². The third-order valence-corrected chi connectivity index (χ3v) is 7.85. The molecule has 3 rings (SSSR count). The zero-order chi connectivity index (χ0) is 26.0. The van der Waals surface area contributed by atoms with Gasteiger partial charge >= 0.3 is 0 Å². The summed E-state index contributed by atoms with van der Waals surface area (Å²) in [6.45, 7) is -2.05. The maximum Gasteiger partial charge on any atom is 0.187 e. The van der Waals surface area contributed by atoms with E-state index in [9.17, 15) is 46.0 Å². The molecule has 3 saturated heterocycles. The Morgan fingerprint density at radius 2 is 1.31 bits per heavy atom.